The van der Waals surface area contributed by atoms with Crippen LogP contribution < -0.4 is 0 Å². The molecule has 16 heavy (non-hydrogen) atoms. The lowest BCUT2D eigenvalue weighted by Crippen LogP contribution is -2.35. The summed E-state index contributed by atoms with van der Waals surface area (Å²) in [5.74, 6) is 0.393. The Labute approximate surface area is 98.8 Å². The largest absolute Gasteiger partial charge is 0.396 e. The smallest absolute Gasteiger partial charge is 0.226 e. The average molecular weight is 227 g/mol. The lowest BCUT2D eigenvalue weighted by Gasteiger charge is -2.21. The van der Waals surface area contributed by atoms with E-state index in [1.54, 1.807) is 0 Å². The van der Waals surface area contributed by atoms with Crippen molar-refractivity contribution >= 4 is 5.91 Å². The first-order valence-corrected chi connectivity index (χ1v) is 6.20. The first kappa shape index (κ1) is 13.5. The normalized spacial score (nSPS) is 21.9. The van der Waals surface area contributed by atoms with Crippen LogP contribution in [0.1, 0.15) is 41.0 Å². The van der Waals surface area contributed by atoms with Gasteiger partial charge in [0, 0.05) is 25.6 Å². The van der Waals surface area contributed by atoms with Gasteiger partial charge in [0.15, 0.2) is 0 Å². The SMILES string of the molecule is CCN(CCCO)C(=O)C1C(C)(C)C1(C)C. The maximum atomic E-state index is 12.3. The van der Waals surface area contributed by atoms with Gasteiger partial charge in [-0.3, -0.25) is 4.79 Å². The number of hydrogen-bond acceptors (Lipinski definition) is 2. The quantitative estimate of drug-likeness (QED) is 0.779. The van der Waals surface area contributed by atoms with Crippen LogP contribution in [0.5, 0.6) is 0 Å². The maximum absolute atomic E-state index is 12.3. The second-order valence-corrected chi connectivity index (χ2v) is 5.87. The van der Waals surface area contributed by atoms with E-state index in [9.17, 15) is 4.79 Å². The van der Waals surface area contributed by atoms with Crippen molar-refractivity contribution in [1.29, 1.82) is 0 Å². The molecular weight excluding hydrogens is 202 g/mol. The molecule has 1 saturated carbocycles. The van der Waals surface area contributed by atoms with Gasteiger partial charge in [-0.2, -0.15) is 0 Å². The van der Waals surface area contributed by atoms with Crippen molar-refractivity contribution in [2.45, 2.75) is 41.0 Å². The van der Waals surface area contributed by atoms with Gasteiger partial charge in [-0.05, 0) is 24.2 Å². The van der Waals surface area contributed by atoms with Crippen LogP contribution >= 0.6 is 0 Å². The summed E-state index contributed by atoms with van der Waals surface area (Å²) < 4.78 is 0. The van der Waals surface area contributed by atoms with Gasteiger partial charge in [-0.25, -0.2) is 0 Å². The van der Waals surface area contributed by atoms with Crippen molar-refractivity contribution in [3.8, 4) is 0 Å². The Hall–Kier alpha value is -0.570. The second-order valence-electron chi connectivity index (χ2n) is 5.87. The minimum absolute atomic E-state index is 0.108. The van der Waals surface area contributed by atoms with Crippen LogP contribution in [0.25, 0.3) is 0 Å². The fourth-order valence-electron chi connectivity index (χ4n) is 2.68. The van der Waals surface area contributed by atoms with Crippen LogP contribution in [0.2, 0.25) is 0 Å². The first-order chi connectivity index (χ1) is 7.30. The average Bonchev–Trinajstić information content (AvgIpc) is 2.58. The van der Waals surface area contributed by atoms with Crippen molar-refractivity contribution in [3.63, 3.8) is 0 Å². The van der Waals surface area contributed by atoms with Crippen molar-refractivity contribution < 1.29 is 9.90 Å². The summed E-state index contributed by atoms with van der Waals surface area (Å²) in [7, 11) is 0. The van der Waals surface area contributed by atoms with Crippen LogP contribution in [0, 0.1) is 16.7 Å². The Kier molecular flexibility index (Phi) is 3.68. The van der Waals surface area contributed by atoms with E-state index < -0.39 is 0 Å². The molecule has 1 aliphatic rings. The van der Waals surface area contributed by atoms with E-state index in [1.165, 1.54) is 0 Å². The van der Waals surface area contributed by atoms with Gasteiger partial charge in [-0.15, -0.1) is 0 Å². The molecule has 0 saturated heterocycles. The molecule has 0 aromatic carbocycles. The third-order valence-corrected chi connectivity index (χ3v) is 4.55. The van der Waals surface area contributed by atoms with E-state index in [0.29, 0.717) is 13.0 Å². The zero-order chi connectivity index (χ0) is 12.6. The van der Waals surface area contributed by atoms with Crippen LogP contribution in [0.4, 0.5) is 0 Å². The van der Waals surface area contributed by atoms with E-state index in [2.05, 4.69) is 27.7 Å². The van der Waals surface area contributed by atoms with Crippen molar-refractivity contribution in [2.75, 3.05) is 19.7 Å². The fourth-order valence-corrected chi connectivity index (χ4v) is 2.68. The number of rotatable bonds is 5. The van der Waals surface area contributed by atoms with Gasteiger partial charge in [0.05, 0.1) is 0 Å². The molecule has 0 spiro atoms. The Balaban J connectivity index is 2.64. The molecule has 1 aliphatic carbocycles. The molecule has 1 N–H and O–H groups in total. The molecule has 0 aromatic heterocycles. The molecule has 0 bridgehead atoms. The molecule has 1 amide bonds. The summed E-state index contributed by atoms with van der Waals surface area (Å²) in [4.78, 5) is 14.2. The zero-order valence-electron chi connectivity index (χ0n) is 11.2. The Morgan fingerprint density at radius 3 is 2.06 bits per heavy atom. The monoisotopic (exact) mass is 227 g/mol. The molecular formula is C13H25NO2. The highest BCUT2D eigenvalue weighted by atomic mass is 16.3. The van der Waals surface area contributed by atoms with Crippen LogP contribution in [0.3, 0.4) is 0 Å². The molecule has 3 nitrogen and oxygen atoms in total. The number of carbonyl (C=O) groups excluding carboxylic acids is 1. The van der Waals surface area contributed by atoms with Crippen molar-refractivity contribution in [2.24, 2.45) is 16.7 Å². The summed E-state index contributed by atoms with van der Waals surface area (Å²) in [5.41, 5.74) is 0.216. The number of aliphatic hydroxyl groups is 1. The van der Waals surface area contributed by atoms with E-state index in [0.717, 1.165) is 6.54 Å². The van der Waals surface area contributed by atoms with E-state index in [-0.39, 0.29) is 29.3 Å². The van der Waals surface area contributed by atoms with Gasteiger partial charge < -0.3 is 10.0 Å². The van der Waals surface area contributed by atoms with Gasteiger partial charge >= 0.3 is 0 Å². The van der Waals surface area contributed by atoms with Crippen LogP contribution in [-0.2, 0) is 4.79 Å². The Morgan fingerprint density at radius 1 is 1.25 bits per heavy atom. The minimum Gasteiger partial charge on any atom is -0.396 e. The van der Waals surface area contributed by atoms with Gasteiger partial charge in [0.1, 0.15) is 0 Å². The first-order valence-electron chi connectivity index (χ1n) is 6.20. The van der Waals surface area contributed by atoms with Crippen molar-refractivity contribution in [1.82, 2.24) is 4.90 Å². The summed E-state index contributed by atoms with van der Waals surface area (Å²) in [6.07, 6.45) is 0.674. The third-order valence-electron chi connectivity index (χ3n) is 4.55. The molecule has 0 aromatic rings. The van der Waals surface area contributed by atoms with Gasteiger partial charge in [0.2, 0.25) is 5.91 Å². The highest BCUT2D eigenvalue weighted by molar-refractivity contribution is 5.84. The predicted octanol–water partition coefficient (Wildman–Crippen LogP) is 1.90. The zero-order valence-corrected chi connectivity index (χ0v) is 11.2. The summed E-state index contributed by atoms with van der Waals surface area (Å²) in [6, 6.07) is 0. The number of amides is 1. The molecule has 0 unspecified atom stereocenters. The lowest BCUT2D eigenvalue weighted by atomic mass is 10.0. The number of hydrogen-bond donors (Lipinski definition) is 1. The molecule has 3 heteroatoms. The molecule has 1 fully saturated rings. The summed E-state index contributed by atoms with van der Waals surface area (Å²) >= 11 is 0. The van der Waals surface area contributed by atoms with E-state index >= 15 is 0 Å². The molecule has 94 valence electrons. The molecule has 0 atom stereocenters. The van der Waals surface area contributed by atoms with Crippen LogP contribution in [0.15, 0.2) is 0 Å². The maximum Gasteiger partial charge on any atom is 0.226 e. The molecule has 1 rings (SSSR count). The van der Waals surface area contributed by atoms with E-state index in [1.807, 2.05) is 11.8 Å². The highest BCUT2D eigenvalue weighted by Gasteiger charge is 2.68. The molecule has 0 radical (unpaired) electrons. The molecule has 0 heterocycles. The standard InChI is InChI=1S/C13H25NO2/c1-6-14(8-7-9-15)11(16)10-12(2,3)13(10,4)5/h10,15H,6-9H2,1-5H3. The Morgan fingerprint density at radius 2 is 1.75 bits per heavy atom. The number of nitrogens with zero attached hydrogens (tertiary/aromatic N) is 1. The number of aliphatic hydroxyl groups excluding tert-OH is 1. The Bertz CT molecular complexity index is 257. The predicted molar refractivity (Wildman–Crippen MR) is 65.0 cm³/mol. The van der Waals surface area contributed by atoms with Gasteiger partial charge in [-0.1, -0.05) is 27.7 Å². The summed E-state index contributed by atoms with van der Waals surface area (Å²) in [6.45, 7) is 12.2. The topological polar surface area (TPSA) is 40.5 Å². The lowest BCUT2D eigenvalue weighted by molar-refractivity contribution is -0.133. The van der Waals surface area contributed by atoms with Crippen molar-refractivity contribution in [3.05, 3.63) is 0 Å². The fraction of sp³-hybridized carbons (Fsp3) is 0.923. The second kappa shape index (κ2) is 4.36. The van der Waals surface area contributed by atoms with Gasteiger partial charge in [0.25, 0.3) is 0 Å². The van der Waals surface area contributed by atoms with Crippen LogP contribution in [-0.4, -0.2) is 35.6 Å². The molecule has 0 aliphatic heterocycles. The van der Waals surface area contributed by atoms with E-state index in [4.69, 9.17) is 5.11 Å². The summed E-state index contributed by atoms with van der Waals surface area (Å²) in [5, 5.41) is 8.81. The third kappa shape index (κ3) is 1.97. The highest BCUT2D eigenvalue weighted by Crippen LogP contribution is 2.68. The minimum atomic E-state index is 0.108. The number of carbonyl (C=O) groups is 1.